The lowest BCUT2D eigenvalue weighted by Crippen LogP contribution is -2.42. The van der Waals surface area contributed by atoms with E-state index in [1.54, 1.807) is 31.0 Å². The van der Waals surface area contributed by atoms with Crippen molar-refractivity contribution in [3.63, 3.8) is 0 Å². The lowest BCUT2D eigenvalue weighted by molar-refractivity contribution is -0.125. The van der Waals surface area contributed by atoms with Crippen molar-refractivity contribution in [2.24, 2.45) is 0 Å². The van der Waals surface area contributed by atoms with Gasteiger partial charge in [-0.1, -0.05) is 23.8 Å². The maximum absolute atomic E-state index is 12.2. The average molecular weight is 324 g/mol. The van der Waals surface area contributed by atoms with Crippen LogP contribution < -0.4 is 15.0 Å². The van der Waals surface area contributed by atoms with E-state index in [4.69, 9.17) is 4.74 Å². The van der Waals surface area contributed by atoms with E-state index < -0.39 is 6.10 Å². The van der Waals surface area contributed by atoms with Crippen LogP contribution in [0.5, 0.6) is 5.75 Å². The molecule has 0 saturated carbocycles. The van der Waals surface area contributed by atoms with Gasteiger partial charge in [-0.05, 0) is 43.7 Å². The number of nitrogens with one attached hydrogen (secondary N) is 1. The molecule has 0 aromatic heterocycles. The smallest absolute Gasteiger partial charge is 0.267 e. The number of carbonyl (C=O) groups excluding carboxylic acids is 2. The van der Waals surface area contributed by atoms with Crippen molar-refractivity contribution in [1.82, 2.24) is 5.32 Å². The molecule has 1 N–H and O–H groups in total. The molecule has 1 aliphatic heterocycles. The molecule has 0 fully saturated rings. The maximum Gasteiger partial charge on any atom is 0.267 e. The van der Waals surface area contributed by atoms with Crippen molar-refractivity contribution in [1.29, 1.82) is 0 Å². The lowest BCUT2D eigenvalue weighted by Gasteiger charge is -2.30. The summed E-state index contributed by atoms with van der Waals surface area (Å²) in [5.74, 6) is 0.476. The number of amides is 2. The number of ether oxygens (including phenoxy) is 1. The molecule has 1 heterocycles. The van der Waals surface area contributed by atoms with Crippen molar-refractivity contribution >= 4 is 17.5 Å². The average Bonchev–Trinajstić information content (AvgIpc) is 2.58. The summed E-state index contributed by atoms with van der Waals surface area (Å²) in [5.41, 5.74) is 3.37. The molecule has 3 rings (SSSR count). The van der Waals surface area contributed by atoms with Gasteiger partial charge in [0, 0.05) is 19.2 Å². The minimum Gasteiger partial charge on any atom is -0.479 e. The van der Waals surface area contributed by atoms with Crippen molar-refractivity contribution in [3.05, 3.63) is 59.2 Å². The summed E-state index contributed by atoms with van der Waals surface area (Å²) in [6, 6.07) is 13.0. The van der Waals surface area contributed by atoms with Gasteiger partial charge >= 0.3 is 0 Å². The summed E-state index contributed by atoms with van der Waals surface area (Å²) >= 11 is 0. The highest BCUT2D eigenvalue weighted by Gasteiger charge is 2.28. The topological polar surface area (TPSA) is 58.6 Å². The van der Waals surface area contributed by atoms with Gasteiger partial charge in [-0.15, -0.1) is 0 Å². The van der Waals surface area contributed by atoms with Crippen molar-refractivity contribution in [2.45, 2.75) is 26.5 Å². The molecule has 24 heavy (non-hydrogen) atoms. The monoisotopic (exact) mass is 324 g/mol. The summed E-state index contributed by atoms with van der Waals surface area (Å²) < 4.78 is 5.60. The lowest BCUT2D eigenvalue weighted by atomic mass is 10.1. The molecule has 5 nitrogen and oxygen atoms in total. The number of likely N-dealkylation sites (N-methyl/N-ethyl adjacent to an activating group) is 1. The Bertz CT molecular complexity index is 784. The first-order valence-electron chi connectivity index (χ1n) is 7.88. The normalized spacial score (nSPS) is 16.4. The predicted molar refractivity (Wildman–Crippen MR) is 92.3 cm³/mol. The molecule has 2 amide bonds. The minimum atomic E-state index is -0.477. The van der Waals surface area contributed by atoms with Crippen LogP contribution in [0.1, 0.15) is 28.4 Å². The molecule has 0 spiro atoms. The number of aryl methyl sites for hydroxylation is 1. The number of carbonyl (C=O) groups is 2. The van der Waals surface area contributed by atoms with E-state index in [1.807, 2.05) is 37.3 Å². The van der Waals surface area contributed by atoms with Crippen LogP contribution in [0.4, 0.5) is 5.69 Å². The fourth-order valence-electron chi connectivity index (χ4n) is 2.66. The van der Waals surface area contributed by atoms with Gasteiger partial charge in [0.05, 0.1) is 5.69 Å². The van der Waals surface area contributed by atoms with Gasteiger partial charge < -0.3 is 15.0 Å². The number of nitrogens with zero attached hydrogens (tertiary/aromatic N) is 1. The van der Waals surface area contributed by atoms with Crippen LogP contribution in [-0.4, -0.2) is 25.0 Å². The Morgan fingerprint density at radius 3 is 2.62 bits per heavy atom. The van der Waals surface area contributed by atoms with Crippen molar-refractivity contribution in [3.8, 4) is 5.75 Å². The van der Waals surface area contributed by atoms with Gasteiger partial charge in [0.15, 0.2) is 6.10 Å². The molecule has 1 unspecified atom stereocenters. The van der Waals surface area contributed by atoms with Crippen LogP contribution in [0.2, 0.25) is 0 Å². The fraction of sp³-hybridized carbons (Fsp3) is 0.263. The van der Waals surface area contributed by atoms with E-state index in [0.29, 0.717) is 17.9 Å². The van der Waals surface area contributed by atoms with Crippen LogP contribution >= 0.6 is 0 Å². The SMILES string of the molecule is Cc1ccc(C(=O)NCc2ccc3c(c2)N(C)C(=O)C(C)O3)cc1. The summed E-state index contributed by atoms with van der Waals surface area (Å²) in [6.45, 7) is 4.10. The van der Waals surface area contributed by atoms with Crippen molar-refractivity contribution in [2.75, 3.05) is 11.9 Å². The number of rotatable bonds is 3. The van der Waals surface area contributed by atoms with Gasteiger partial charge in [-0.25, -0.2) is 0 Å². The van der Waals surface area contributed by atoms with Crippen LogP contribution in [0.3, 0.4) is 0 Å². The number of anilines is 1. The zero-order chi connectivity index (χ0) is 17.3. The van der Waals surface area contributed by atoms with E-state index in [2.05, 4.69) is 5.32 Å². The van der Waals surface area contributed by atoms with E-state index in [1.165, 1.54) is 0 Å². The van der Waals surface area contributed by atoms with E-state index in [-0.39, 0.29) is 11.8 Å². The van der Waals surface area contributed by atoms with E-state index in [9.17, 15) is 9.59 Å². The highest BCUT2D eigenvalue weighted by Crippen LogP contribution is 2.33. The van der Waals surface area contributed by atoms with Gasteiger partial charge in [0.25, 0.3) is 11.8 Å². The number of fused-ring (bicyclic) bond motifs is 1. The summed E-state index contributed by atoms with van der Waals surface area (Å²) in [5, 5.41) is 2.89. The maximum atomic E-state index is 12.2. The van der Waals surface area contributed by atoms with Gasteiger partial charge in [0.2, 0.25) is 0 Å². The minimum absolute atomic E-state index is 0.0802. The second kappa shape index (κ2) is 6.35. The van der Waals surface area contributed by atoms with Crippen LogP contribution in [0.15, 0.2) is 42.5 Å². The Morgan fingerprint density at radius 1 is 1.21 bits per heavy atom. The number of hydrogen-bond donors (Lipinski definition) is 1. The molecule has 1 atom stereocenters. The largest absolute Gasteiger partial charge is 0.479 e. The molecule has 0 saturated heterocycles. The Labute approximate surface area is 141 Å². The molecule has 5 heteroatoms. The molecule has 124 valence electrons. The van der Waals surface area contributed by atoms with Crippen LogP contribution in [-0.2, 0) is 11.3 Å². The van der Waals surface area contributed by atoms with E-state index in [0.717, 1.165) is 16.8 Å². The molecule has 0 radical (unpaired) electrons. The zero-order valence-corrected chi connectivity index (χ0v) is 14.0. The van der Waals surface area contributed by atoms with Crippen LogP contribution in [0, 0.1) is 6.92 Å². The molecule has 1 aliphatic rings. The predicted octanol–water partition coefficient (Wildman–Crippen LogP) is 2.67. The Hall–Kier alpha value is -2.82. The number of hydrogen-bond acceptors (Lipinski definition) is 3. The molecule has 2 aromatic rings. The molecule has 2 aromatic carbocycles. The Balaban J connectivity index is 1.71. The second-order valence-electron chi connectivity index (χ2n) is 6.01. The summed E-state index contributed by atoms with van der Waals surface area (Å²) in [6.07, 6.45) is -0.477. The summed E-state index contributed by atoms with van der Waals surface area (Å²) in [4.78, 5) is 25.8. The van der Waals surface area contributed by atoms with Gasteiger partial charge in [-0.2, -0.15) is 0 Å². The molecular formula is C19H20N2O3. The van der Waals surface area contributed by atoms with Gasteiger partial charge in [-0.3, -0.25) is 9.59 Å². The number of benzene rings is 2. The Morgan fingerprint density at radius 2 is 1.92 bits per heavy atom. The molecule has 0 aliphatic carbocycles. The molecular weight excluding hydrogens is 304 g/mol. The Kier molecular flexibility index (Phi) is 4.25. The first kappa shape index (κ1) is 16.1. The van der Waals surface area contributed by atoms with Gasteiger partial charge in [0.1, 0.15) is 5.75 Å². The third-order valence-corrected chi connectivity index (χ3v) is 4.13. The third-order valence-electron chi connectivity index (χ3n) is 4.13. The summed E-state index contributed by atoms with van der Waals surface area (Å²) in [7, 11) is 1.73. The highest BCUT2D eigenvalue weighted by atomic mass is 16.5. The fourth-order valence-corrected chi connectivity index (χ4v) is 2.66. The first-order valence-corrected chi connectivity index (χ1v) is 7.88. The molecule has 0 bridgehead atoms. The first-order chi connectivity index (χ1) is 11.5. The van der Waals surface area contributed by atoms with Crippen molar-refractivity contribution < 1.29 is 14.3 Å². The zero-order valence-electron chi connectivity index (χ0n) is 14.0. The standard InChI is InChI=1S/C19H20N2O3/c1-12-4-7-15(8-5-12)18(22)20-11-14-6-9-17-16(10-14)21(3)19(23)13(2)24-17/h4-10,13H,11H2,1-3H3,(H,20,22). The highest BCUT2D eigenvalue weighted by molar-refractivity contribution is 5.99. The quantitative estimate of drug-likeness (QED) is 0.944. The third kappa shape index (κ3) is 3.11. The second-order valence-corrected chi connectivity index (χ2v) is 6.01. The van der Waals surface area contributed by atoms with Crippen LogP contribution in [0.25, 0.3) is 0 Å². The van der Waals surface area contributed by atoms with E-state index >= 15 is 0 Å².